The highest BCUT2D eigenvalue weighted by molar-refractivity contribution is 6.71. The molecule has 0 spiro atoms. The summed E-state index contributed by atoms with van der Waals surface area (Å²) in [6, 6.07) is 0. The van der Waals surface area contributed by atoms with E-state index in [0.717, 1.165) is 0 Å². The van der Waals surface area contributed by atoms with Crippen molar-refractivity contribution in [2.75, 3.05) is 0 Å². The van der Waals surface area contributed by atoms with Crippen molar-refractivity contribution < 1.29 is 0 Å². The Morgan fingerprint density at radius 3 is 1.22 bits per heavy atom. The van der Waals surface area contributed by atoms with Gasteiger partial charge in [-0.3, -0.25) is 0 Å². The van der Waals surface area contributed by atoms with E-state index >= 15 is 0 Å². The quantitative estimate of drug-likeness (QED) is 0.382. The van der Waals surface area contributed by atoms with Crippen molar-refractivity contribution in [1.82, 2.24) is 0 Å². The Labute approximate surface area is 117 Å². The summed E-state index contributed by atoms with van der Waals surface area (Å²) in [6.45, 7) is 1.75. The zero-order chi connectivity index (χ0) is 13.8. The molecule has 18 heavy (non-hydrogen) atoms. The summed E-state index contributed by atoms with van der Waals surface area (Å²) in [4.78, 5) is 0. The molecule has 0 aliphatic carbocycles. The maximum absolute atomic E-state index is 6.01. The van der Waals surface area contributed by atoms with Gasteiger partial charge < -0.3 is 0 Å². The van der Waals surface area contributed by atoms with Gasteiger partial charge in [-0.2, -0.15) is 0 Å². The molecule has 0 bridgehead atoms. The molecule has 0 heterocycles. The predicted molar refractivity (Wildman–Crippen MR) is 86.4 cm³/mol. The van der Waals surface area contributed by atoms with E-state index in [2.05, 4.69) is 0 Å². The maximum atomic E-state index is 6.01. The van der Waals surface area contributed by atoms with Crippen LogP contribution in [-0.2, 0) is 0 Å². The highest BCUT2D eigenvalue weighted by atomic mass is 14.1. The fourth-order valence-corrected chi connectivity index (χ4v) is 2.06. The van der Waals surface area contributed by atoms with E-state index in [9.17, 15) is 0 Å². The second-order valence-electron chi connectivity index (χ2n) is 4.27. The van der Waals surface area contributed by atoms with Crippen molar-refractivity contribution in [3.05, 3.63) is 5.56 Å². The molecule has 14 radical (unpaired) electrons. The zero-order valence-corrected chi connectivity index (χ0v) is 10.0. The van der Waals surface area contributed by atoms with Crippen LogP contribution >= 0.6 is 0 Å². The van der Waals surface area contributed by atoms with E-state index in [4.69, 9.17) is 54.9 Å². The summed E-state index contributed by atoms with van der Waals surface area (Å²) in [6.07, 6.45) is 0. The molecule has 0 atom stereocenters. The van der Waals surface area contributed by atoms with Gasteiger partial charge in [0.1, 0.15) is 54.9 Å². The van der Waals surface area contributed by atoms with E-state index in [-0.39, 0.29) is 21.9 Å². The van der Waals surface area contributed by atoms with Gasteiger partial charge in [-0.25, -0.2) is 0 Å². The molecular weight excluding hydrogens is 208 g/mol. The molecule has 0 saturated carbocycles. The van der Waals surface area contributed by atoms with Crippen molar-refractivity contribution in [2.24, 2.45) is 0 Å². The summed E-state index contributed by atoms with van der Waals surface area (Å²) in [7, 11) is 41.3. The molecular formula is C11H3B7. The van der Waals surface area contributed by atoms with Gasteiger partial charge in [0.05, 0.1) is 0 Å². The van der Waals surface area contributed by atoms with Crippen LogP contribution in [0.3, 0.4) is 0 Å². The molecule has 0 saturated heterocycles. The Hall–Kier alpha value is -0.845. The molecule has 68 valence electrons. The van der Waals surface area contributed by atoms with Crippen molar-refractivity contribution >= 4 is 104 Å². The molecule has 0 aromatic heterocycles. The van der Waals surface area contributed by atoms with E-state index < -0.39 is 0 Å². The van der Waals surface area contributed by atoms with Gasteiger partial charge in [0.2, 0.25) is 0 Å². The monoisotopic (exact) mass is 212 g/mol. The molecule has 0 fully saturated rings. The zero-order valence-electron chi connectivity index (χ0n) is 10.0. The Balaban J connectivity index is 3.22. The number of hydrogen-bond acceptors (Lipinski definition) is 0. The third-order valence-electron chi connectivity index (χ3n) is 3.30. The van der Waals surface area contributed by atoms with Crippen molar-refractivity contribution in [1.29, 1.82) is 0 Å². The van der Waals surface area contributed by atoms with Crippen molar-refractivity contribution in [3.63, 3.8) is 0 Å². The van der Waals surface area contributed by atoms with Gasteiger partial charge in [0, 0.05) is 0 Å². The summed E-state index contributed by atoms with van der Waals surface area (Å²) in [5.74, 6) is 0. The lowest BCUT2D eigenvalue weighted by Crippen LogP contribution is -2.52. The maximum Gasteiger partial charge on any atom is 0.114 e. The van der Waals surface area contributed by atoms with Gasteiger partial charge in [0.15, 0.2) is 0 Å². The average molecular weight is 211 g/mol. The van der Waals surface area contributed by atoms with E-state index in [0.29, 0.717) is 32.7 Å². The molecule has 0 unspecified atom stereocenters. The number of benzene rings is 2. The SMILES string of the molecule is [B]c1c([B])c([B])c2c([B])c(C)c([B])c([B])c2c1[B]. The third kappa shape index (κ3) is 1.63. The molecule has 0 nitrogen and oxygen atoms in total. The number of fused-ring (bicyclic) bond motifs is 1. The molecule has 7 heteroatoms. The van der Waals surface area contributed by atoms with Crippen LogP contribution in [-0.4, -0.2) is 54.9 Å². The van der Waals surface area contributed by atoms with Crippen molar-refractivity contribution in [3.8, 4) is 0 Å². The van der Waals surface area contributed by atoms with Crippen LogP contribution in [0.5, 0.6) is 0 Å². The molecule has 0 aliphatic heterocycles. The van der Waals surface area contributed by atoms with Gasteiger partial charge in [-0.15, -0.1) is 16.4 Å². The van der Waals surface area contributed by atoms with Crippen LogP contribution < -0.4 is 38.2 Å². The predicted octanol–water partition coefficient (Wildman–Crippen LogP) is -5.30. The van der Waals surface area contributed by atoms with E-state index in [1.807, 2.05) is 0 Å². The lowest BCUT2D eigenvalue weighted by atomic mass is 9.59. The third-order valence-corrected chi connectivity index (χ3v) is 3.30. The number of rotatable bonds is 0. The van der Waals surface area contributed by atoms with Crippen LogP contribution in [0.1, 0.15) is 5.56 Å². The highest BCUT2D eigenvalue weighted by Crippen LogP contribution is 2.02. The first-order valence-electron chi connectivity index (χ1n) is 5.27. The summed E-state index contributed by atoms with van der Waals surface area (Å²) >= 11 is 0. The molecule has 2 aromatic rings. The first kappa shape index (κ1) is 13.6. The average Bonchev–Trinajstić information content (AvgIpc) is 2.35. The largest absolute Gasteiger partial charge is 0.114 e. The summed E-state index contributed by atoms with van der Waals surface area (Å²) in [5, 5.41) is 0.961. The molecule has 0 N–H and O–H groups in total. The topological polar surface area (TPSA) is 0 Å². The van der Waals surface area contributed by atoms with Crippen LogP contribution in [0.25, 0.3) is 10.8 Å². The van der Waals surface area contributed by atoms with Crippen LogP contribution in [0, 0.1) is 6.92 Å². The summed E-state index contributed by atoms with van der Waals surface area (Å²) in [5.41, 5.74) is 2.65. The minimum absolute atomic E-state index is 0.189. The van der Waals surface area contributed by atoms with Gasteiger partial charge in [-0.05, 0) is 17.7 Å². The van der Waals surface area contributed by atoms with Gasteiger partial charge in [-0.1, -0.05) is 27.4 Å². The normalized spacial score (nSPS) is 10.9. The Morgan fingerprint density at radius 2 is 0.778 bits per heavy atom. The van der Waals surface area contributed by atoms with Crippen LogP contribution in [0.15, 0.2) is 0 Å². The molecule has 0 amide bonds. The van der Waals surface area contributed by atoms with Gasteiger partial charge in [0.25, 0.3) is 0 Å². The second kappa shape index (κ2) is 4.36. The lowest BCUT2D eigenvalue weighted by molar-refractivity contribution is 1.61. The first-order chi connectivity index (χ1) is 8.29. The molecule has 2 aromatic carbocycles. The lowest BCUT2D eigenvalue weighted by Gasteiger charge is -2.23. The summed E-state index contributed by atoms with van der Waals surface area (Å²) < 4.78 is 0. The second-order valence-corrected chi connectivity index (χ2v) is 4.27. The number of hydrogen-bond donors (Lipinski definition) is 0. The minimum atomic E-state index is 0.189. The minimum Gasteiger partial charge on any atom is -0.110 e. The van der Waals surface area contributed by atoms with Crippen LogP contribution in [0.4, 0.5) is 0 Å². The highest BCUT2D eigenvalue weighted by Gasteiger charge is 2.14. The Kier molecular flexibility index (Phi) is 3.29. The van der Waals surface area contributed by atoms with Gasteiger partial charge >= 0.3 is 0 Å². The van der Waals surface area contributed by atoms with E-state index in [1.54, 1.807) is 6.92 Å². The molecule has 0 aliphatic rings. The molecule has 2 rings (SSSR count). The van der Waals surface area contributed by atoms with Crippen LogP contribution in [0.2, 0.25) is 0 Å². The fraction of sp³-hybridized carbons (Fsp3) is 0.0909. The Bertz CT molecular complexity index is 562. The fourth-order valence-electron chi connectivity index (χ4n) is 2.06. The first-order valence-corrected chi connectivity index (χ1v) is 5.27. The Morgan fingerprint density at radius 1 is 0.444 bits per heavy atom. The van der Waals surface area contributed by atoms with Crippen molar-refractivity contribution in [2.45, 2.75) is 6.92 Å². The standard InChI is InChI=1S/C11H3B7/c1-2-5(12)3-4(7(14)6(2)13)9(16)11(18)10(17)8(3)15/h1H3. The van der Waals surface area contributed by atoms with E-state index in [1.165, 1.54) is 0 Å². The smallest absolute Gasteiger partial charge is 0.110 e.